The molecule has 1 rings (SSSR count). The normalized spacial score (nSPS) is 12.8. The number of rotatable bonds is 5. The first-order chi connectivity index (χ1) is 6.74. The highest BCUT2D eigenvalue weighted by Gasteiger charge is 2.03. The minimum absolute atomic E-state index is 0.148. The van der Waals surface area contributed by atoms with Crippen molar-refractivity contribution in [2.45, 2.75) is 38.7 Å². The summed E-state index contributed by atoms with van der Waals surface area (Å²) in [5.74, 6) is 0. The number of hydrogen-bond acceptors (Lipinski definition) is 2. The van der Waals surface area contributed by atoms with Gasteiger partial charge in [-0.2, -0.15) is 0 Å². The highest BCUT2D eigenvalue weighted by molar-refractivity contribution is 9.10. The Bertz CT molecular complexity index is 278. The Morgan fingerprint density at radius 3 is 3.00 bits per heavy atom. The molecule has 0 unspecified atom stereocenters. The molecular formula is C11H16BrNO. The highest BCUT2D eigenvalue weighted by Crippen LogP contribution is 2.15. The maximum atomic E-state index is 9.38. The zero-order valence-electron chi connectivity index (χ0n) is 8.41. The first-order valence-corrected chi connectivity index (χ1v) is 5.80. The monoisotopic (exact) mass is 257 g/mol. The van der Waals surface area contributed by atoms with Crippen molar-refractivity contribution in [3.05, 3.63) is 28.5 Å². The van der Waals surface area contributed by atoms with Crippen LogP contribution in [0.3, 0.4) is 0 Å². The van der Waals surface area contributed by atoms with E-state index >= 15 is 0 Å². The average Bonchev–Trinajstić information content (AvgIpc) is 2.20. The van der Waals surface area contributed by atoms with Gasteiger partial charge in [-0.1, -0.05) is 13.0 Å². The number of hydrogen-bond donors (Lipinski definition) is 1. The van der Waals surface area contributed by atoms with Crippen LogP contribution in [0, 0.1) is 0 Å². The number of halogens is 1. The molecule has 0 bridgehead atoms. The topological polar surface area (TPSA) is 33.1 Å². The summed E-state index contributed by atoms with van der Waals surface area (Å²) in [5.41, 5.74) is 1.22. The summed E-state index contributed by atoms with van der Waals surface area (Å²) < 4.78 is 0.922. The molecule has 0 aromatic carbocycles. The second kappa shape index (κ2) is 6.14. The fourth-order valence-corrected chi connectivity index (χ4v) is 1.79. The zero-order valence-corrected chi connectivity index (χ0v) is 10.00. The van der Waals surface area contributed by atoms with Crippen LogP contribution in [0.1, 0.15) is 31.7 Å². The van der Waals surface area contributed by atoms with Gasteiger partial charge in [0.05, 0.1) is 6.10 Å². The Balaban J connectivity index is 2.35. The van der Waals surface area contributed by atoms with Crippen LogP contribution in [-0.2, 0) is 6.42 Å². The smallest absolute Gasteiger partial charge is 0.109 e. The molecule has 0 amide bonds. The molecule has 0 aliphatic carbocycles. The summed E-state index contributed by atoms with van der Waals surface area (Å²) in [6.07, 6.45) is 5.33. The molecule has 1 N–H and O–H groups in total. The molecule has 0 saturated carbocycles. The molecular weight excluding hydrogens is 242 g/mol. The minimum atomic E-state index is -0.148. The number of nitrogens with zero attached hydrogens (tertiary/aromatic N) is 1. The van der Waals surface area contributed by atoms with Crippen LogP contribution in [-0.4, -0.2) is 16.2 Å². The van der Waals surface area contributed by atoms with Gasteiger partial charge >= 0.3 is 0 Å². The van der Waals surface area contributed by atoms with Crippen molar-refractivity contribution >= 4 is 15.9 Å². The molecule has 0 saturated heterocycles. The lowest BCUT2D eigenvalue weighted by atomic mass is 10.1. The number of pyridine rings is 1. The molecule has 3 heteroatoms. The van der Waals surface area contributed by atoms with E-state index < -0.39 is 0 Å². The molecule has 0 aliphatic heterocycles. The summed E-state index contributed by atoms with van der Waals surface area (Å²) in [7, 11) is 0. The van der Waals surface area contributed by atoms with Gasteiger partial charge in [0.15, 0.2) is 0 Å². The van der Waals surface area contributed by atoms with Gasteiger partial charge in [0.25, 0.3) is 0 Å². The number of aliphatic hydroxyl groups excluding tert-OH is 1. The number of aromatic nitrogens is 1. The van der Waals surface area contributed by atoms with Gasteiger partial charge in [0, 0.05) is 6.20 Å². The van der Waals surface area contributed by atoms with E-state index in [1.807, 2.05) is 13.0 Å². The lowest BCUT2D eigenvalue weighted by molar-refractivity contribution is 0.157. The van der Waals surface area contributed by atoms with Gasteiger partial charge in [0.1, 0.15) is 4.60 Å². The van der Waals surface area contributed by atoms with Crippen molar-refractivity contribution < 1.29 is 5.11 Å². The lowest BCUT2D eigenvalue weighted by Crippen LogP contribution is -2.04. The van der Waals surface area contributed by atoms with Crippen LogP contribution >= 0.6 is 15.9 Å². The summed E-state index contributed by atoms with van der Waals surface area (Å²) >= 11 is 3.41. The number of aliphatic hydroxyl groups is 1. The van der Waals surface area contributed by atoms with Crippen LogP contribution in [0.25, 0.3) is 0 Å². The summed E-state index contributed by atoms with van der Waals surface area (Å²) in [6, 6.07) is 4.01. The standard InChI is InChI=1S/C11H16BrNO/c1-2-10(14)7-3-5-9-6-4-8-13-11(9)12/h4,6,8,10,14H,2-3,5,7H2,1H3/t10-/m1/s1. The van der Waals surface area contributed by atoms with Crippen molar-refractivity contribution in [1.29, 1.82) is 0 Å². The predicted octanol–water partition coefficient (Wildman–Crippen LogP) is 2.94. The Labute approximate surface area is 93.5 Å². The SMILES string of the molecule is CC[C@@H](O)CCCc1cccnc1Br. The van der Waals surface area contributed by atoms with E-state index in [0.717, 1.165) is 30.3 Å². The zero-order chi connectivity index (χ0) is 10.4. The first-order valence-electron chi connectivity index (χ1n) is 5.01. The van der Waals surface area contributed by atoms with Crippen molar-refractivity contribution in [2.24, 2.45) is 0 Å². The summed E-state index contributed by atoms with van der Waals surface area (Å²) in [5, 5.41) is 9.38. The summed E-state index contributed by atoms with van der Waals surface area (Å²) in [6.45, 7) is 2.00. The van der Waals surface area contributed by atoms with Gasteiger partial charge in [-0.15, -0.1) is 0 Å². The largest absolute Gasteiger partial charge is 0.393 e. The van der Waals surface area contributed by atoms with Gasteiger partial charge < -0.3 is 5.11 Å². The van der Waals surface area contributed by atoms with Crippen molar-refractivity contribution in [2.75, 3.05) is 0 Å². The third kappa shape index (κ3) is 3.76. The molecule has 0 fully saturated rings. The van der Waals surface area contributed by atoms with E-state index in [2.05, 4.69) is 27.0 Å². The first kappa shape index (κ1) is 11.7. The minimum Gasteiger partial charge on any atom is -0.393 e. The average molecular weight is 258 g/mol. The second-order valence-electron chi connectivity index (χ2n) is 3.41. The van der Waals surface area contributed by atoms with Crippen molar-refractivity contribution in [3.63, 3.8) is 0 Å². The molecule has 0 spiro atoms. The quantitative estimate of drug-likeness (QED) is 0.824. The van der Waals surface area contributed by atoms with Gasteiger partial charge in [-0.3, -0.25) is 0 Å². The molecule has 1 heterocycles. The highest BCUT2D eigenvalue weighted by atomic mass is 79.9. The van der Waals surface area contributed by atoms with E-state index in [9.17, 15) is 5.11 Å². The molecule has 2 nitrogen and oxygen atoms in total. The van der Waals surface area contributed by atoms with E-state index in [0.29, 0.717) is 0 Å². The van der Waals surface area contributed by atoms with Crippen LogP contribution in [0.4, 0.5) is 0 Å². The van der Waals surface area contributed by atoms with E-state index in [-0.39, 0.29) is 6.10 Å². The lowest BCUT2D eigenvalue weighted by Gasteiger charge is -2.07. The van der Waals surface area contributed by atoms with Crippen LogP contribution in [0.2, 0.25) is 0 Å². The van der Waals surface area contributed by atoms with Crippen LogP contribution in [0.15, 0.2) is 22.9 Å². The molecule has 1 aromatic rings. The third-order valence-corrected chi connectivity index (χ3v) is 3.01. The fourth-order valence-electron chi connectivity index (χ4n) is 1.34. The molecule has 0 radical (unpaired) electrons. The van der Waals surface area contributed by atoms with E-state index in [4.69, 9.17) is 0 Å². The fraction of sp³-hybridized carbons (Fsp3) is 0.545. The maximum Gasteiger partial charge on any atom is 0.109 e. The van der Waals surface area contributed by atoms with Crippen molar-refractivity contribution in [1.82, 2.24) is 4.98 Å². The number of aryl methyl sites for hydroxylation is 1. The maximum absolute atomic E-state index is 9.38. The molecule has 0 aliphatic rings. The summed E-state index contributed by atoms with van der Waals surface area (Å²) in [4.78, 5) is 4.15. The van der Waals surface area contributed by atoms with Gasteiger partial charge in [-0.05, 0) is 53.2 Å². The third-order valence-electron chi connectivity index (χ3n) is 2.29. The van der Waals surface area contributed by atoms with Gasteiger partial charge in [0.2, 0.25) is 0 Å². The predicted molar refractivity (Wildman–Crippen MR) is 61.2 cm³/mol. The molecule has 1 atom stereocenters. The Morgan fingerprint density at radius 2 is 2.36 bits per heavy atom. The van der Waals surface area contributed by atoms with Crippen LogP contribution in [0.5, 0.6) is 0 Å². The molecule has 78 valence electrons. The van der Waals surface area contributed by atoms with E-state index in [1.54, 1.807) is 6.20 Å². The second-order valence-corrected chi connectivity index (χ2v) is 4.16. The Hall–Kier alpha value is -0.410. The Morgan fingerprint density at radius 1 is 1.57 bits per heavy atom. The molecule has 1 aromatic heterocycles. The van der Waals surface area contributed by atoms with Crippen LogP contribution < -0.4 is 0 Å². The Kier molecular flexibility index (Phi) is 5.12. The molecule has 14 heavy (non-hydrogen) atoms. The van der Waals surface area contributed by atoms with Gasteiger partial charge in [-0.25, -0.2) is 4.98 Å². The van der Waals surface area contributed by atoms with Crippen molar-refractivity contribution in [3.8, 4) is 0 Å². The van der Waals surface area contributed by atoms with E-state index in [1.165, 1.54) is 5.56 Å².